The second-order valence-electron chi connectivity index (χ2n) is 5.21. The first-order chi connectivity index (χ1) is 9.16. The number of carboxylic acids is 1. The Labute approximate surface area is 118 Å². The Balaban J connectivity index is 3.30. The molecule has 0 rings (SSSR count). The second-order valence-corrected chi connectivity index (χ2v) is 5.21. The van der Waals surface area contributed by atoms with Crippen molar-refractivity contribution >= 4 is 5.97 Å². The molecule has 0 atom stereocenters. The van der Waals surface area contributed by atoms with Crippen LogP contribution < -0.4 is 0 Å². The third kappa shape index (κ3) is 14.9. The Hall–Kier alpha value is -1.05. The van der Waals surface area contributed by atoms with Crippen molar-refractivity contribution in [1.82, 2.24) is 0 Å². The minimum absolute atomic E-state index is 0.277. The molecule has 0 fully saturated rings. The Morgan fingerprint density at radius 2 is 1.53 bits per heavy atom. The Bertz CT molecular complexity index is 266. The van der Waals surface area contributed by atoms with Crippen molar-refractivity contribution in [3.05, 3.63) is 24.3 Å². The van der Waals surface area contributed by atoms with Gasteiger partial charge < -0.3 is 5.11 Å². The molecule has 0 saturated carbocycles. The SMILES string of the molecule is C=C(CCCC=CCCCC(=O)O)CCCCCC. The normalized spacial score (nSPS) is 11.0. The molecule has 0 spiro atoms. The Morgan fingerprint density at radius 1 is 0.947 bits per heavy atom. The number of aliphatic carboxylic acids is 1. The number of unbranched alkanes of at least 4 members (excludes halogenated alkanes) is 5. The molecule has 0 aromatic heterocycles. The molecule has 0 aliphatic rings. The fourth-order valence-corrected chi connectivity index (χ4v) is 2.00. The van der Waals surface area contributed by atoms with Gasteiger partial charge in [0.25, 0.3) is 0 Å². The van der Waals surface area contributed by atoms with E-state index in [0.717, 1.165) is 25.7 Å². The molecule has 0 heterocycles. The van der Waals surface area contributed by atoms with Gasteiger partial charge in [0.1, 0.15) is 0 Å². The lowest BCUT2D eigenvalue weighted by Gasteiger charge is -2.04. The average molecular weight is 266 g/mol. The van der Waals surface area contributed by atoms with Crippen molar-refractivity contribution in [2.75, 3.05) is 0 Å². The van der Waals surface area contributed by atoms with Crippen LogP contribution in [0.2, 0.25) is 0 Å². The highest BCUT2D eigenvalue weighted by atomic mass is 16.4. The molecule has 110 valence electrons. The first-order valence-electron chi connectivity index (χ1n) is 7.70. The highest BCUT2D eigenvalue weighted by Gasteiger charge is 1.95. The molecule has 0 radical (unpaired) electrons. The summed E-state index contributed by atoms with van der Waals surface area (Å²) in [5.41, 5.74) is 1.38. The molecule has 2 nitrogen and oxygen atoms in total. The van der Waals surface area contributed by atoms with E-state index in [1.54, 1.807) is 0 Å². The molecule has 0 amide bonds. The lowest BCUT2D eigenvalue weighted by atomic mass is 10.0. The summed E-state index contributed by atoms with van der Waals surface area (Å²) < 4.78 is 0. The van der Waals surface area contributed by atoms with E-state index >= 15 is 0 Å². The largest absolute Gasteiger partial charge is 0.481 e. The fourth-order valence-electron chi connectivity index (χ4n) is 2.00. The quantitative estimate of drug-likeness (QED) is 0.353. The van der Waals surface area contributed by atoms with Gasteiger partial charge in [-0.25, -0.2) is 0 Å². The number of hydrogen-bond donors (Lipinski definition) is 1. The molecule has 0 unspecified atom stereocenters. The number of carboxylic acid groups (broad SMARTS) is 1. The molecule has 0 saturated heterocycles. The van der Waals surface area contributed by atoms with Crippen molar-refractivity contribution in [1.29, 1.82) is 0 Å². The number of rotatable bonds is 13. The van der Waals surface area contributed by atoms with E-state index in [1.807, 2.05) is 0 Å². The zero-order chi connectivity index (χ0) is 14.3. The van der Waals surface area contributed by atoms with Gasteiger partial charge in [-0.1, -0.05) is 50.5 Å². The van der Waals surface area contributed by atoms with Crippen LogP contribution in [0, 0.1) is 0 Å². The fraction of sp³-hybridized carbons (Fsp3) is 0.706. The predicted molar refractivity (Wildman–Crippen MR) is 82.4 cm³/mol. The molecule has 2 heteroatoms. The molecular formula is C17H30O2. The zero-order valence-corrected chi connectivity index (χ0v) is 12.5. The summed E-state index contributed by atoms with van der Waals surface area (Å²) in [6.07, 6.45) is 16.0. The minimum atomic E-state index is -0.701. The van der Waals surface area contributed by atoms with E-state index in [-0.39, 0.29) is 6.42 Å². The van der Waals surface area contributed by atoms with Gasteiger partial charge >= 0.3 is 5.97 Å². The van der Waals surface area contributed by atoms with Crippen LogP contribution in [-0.2, 0) is 4.79 Å². The van der Waals surface area contributed by atoms with E-state index < -0.39 is 5.97 Å². The van der Waals surface area contributed by atoms with Gasteiger partial charge in [-0.15, -0.1) is 0 Å². The average Bonchev–Trinajstić information content (AvgIpc) is 2.37. The van der Waals surface area contributed by atoms with Crippen LogP contribution >= 0.6 is 0 Å². The maximum Gasteiger partial charge on any atom is 0.303 e. The van der Waals surface area contributed by atoms with E-state index in [2.05, 4.69) is 25.7 Å². The maximum absolute atomic E-state index is 10.3. The van der Waals surface area contributed by atoms with Crippen molar-refractivity contribution < 1.29 is 9.90 Å². The van der Waals surface area contributed by atoms with Crippen LogP contribution in [0.1, 0.15) is 77.6 Å². The maximum atomic E-state index is 10.3. The first-order valence-corrected chi connectivity index (χ1v) is 7.70. The van der Waals surface area contributed by atoms with Gasteiger partial charge in [-0.2, -0.15) is 0 Å². The first kappa shape index (κ1) is 17.9. The van der Waals surface area contributed by atoms with Crippen molar-refractivity contribution in [2.45, 2.75) is 77.6 Å². The van der Waals surface area contributed by atoms with Gasteiger partial charge in [0, 0.05) is 6.42 Å². The summed E-state index contributed by atoms with van der Waals surface area (Å²) in [4.78, 5) is 10.3. The van der Waals surface area contributed by atoms with Crippen molar-refractivity contribution in [3.8, 4) is 0 Å². The monoisotopic (exact) mass is 266 g/mol. The van der Waals surface area contributed by atoms with Crippen LogP contribution in [0.4, 0.5) is 0 Å². The van der Waals surface area contributed by atoms with Gasteiger partial charge in [0.05, 0.1) is 0 Å². The number of hydrogen-bond acceptors (Lipinski definition) is 1. The van der Waals surface area contributed by atoms with E-state index in [4.69, 9.17) is 5.11 Å². The molecule has 1 N–H and O–H groups in total. The predicted octanol–water partition coefficient (Wildman–Crippen LogP) is 5.49. The zero-order valence-electron chi connectivity index (χ0n) is 12.5. The van der Waals surface area contributed by atoms with Crippen LogP contribution in [0.3, 0.4) is 0 Å². The Morgan fingerprint density at radius 3 is 2.11 bits per heavy atom. The minimum Gasteiger partial charge on any atom is -0.481 e. The van der Waals surface area contributed by atoms with E-state index in [1.165, 1.54) is 44.1 Å². The molecule has 19 heavy (non-hydrogen) atoms. The van der Waals surface area contributed by atoms with Gasteiger partial charge in [-0.05, 0) is 44.9 Å². The third-order valence-electron chi connectivity index (χ3n) is 3.21. The molecular weight excluding hydrogens is 236 g/mol. The van der Waals surface area contributed by atoms with Crippen LogP contribution in [0.25, 0.3) is 0 Å². The van der Waals surface area contributed by atoms with Gasteiger partial charge in [-0.3, -0.25) is 4.79 Å². The van der Waals surface area contributed by atoms with Gasteiger partial charge in [0.2, 0.25) is 0 Å². The van der Waals surface area contributed by atoms with Crippen LogP contribution in [-0.4, -0.2) is 11.1 Å². The molecule has 0 bridgehead atoms. The molecule has 0 aromatic carbocycles. The van der Waals surface area contributed by atoms with Crippen molar-refractivity contribution in [3.63, 3.8) is 0 Å². The topological polar surface area (TPSA) is 37.3 Å². The summed E-state index contributed by atoms with van der Waals surface area (Å²) in [6.45, 7) is 6.36. The molecule has 0 aliphatic heterocycles. The van der Waals surface area contributed by atoms with Gasteiger partial charge in [0.15, 0.2) is 0 Å². The van der Waals surface area contributed by atoms with Crippen molar-refractivity contribution in [2.24, 2.45) is 0 Å². The van der Waals surface area contributed by atoms with Crippen LogP contribution in [0.15, 0.2) is 24.3 Å². The van der Waals surface area contributed by atoms with E-state index in [9.17, 15) is 4.79 Å². The second kappa shape index (κ2) is 13.4. The highest BCUT2D eigenvalue weighted by Crippen LogP contribution is 2.14. The van der Waals surface area contributed by atoms with E-state index in [0.29, 0.717) is 0 Å². The number of carbonyl (C=O) groups is 1. The third-order valence-corrected chi connectivity index (χ3v) is 3.21. The lowest BCUT2D eigenvalue weighted by Crippen LogP contribution is -1.92. The highest BCUT2D eigenvalue weighted by molar-refractivity contribution is 5.66. The summed E-state index contributed by atoms with van der Waals surface area (Å²) >= 11 is 0. The summed E-state index contributed by atoms with van der Waals surface area (Å²) in [5.74, 6) is -0.701. The van der Waals surface area contributed by atoms with Crippen LogP contribution in [0.5, 0.6) is 0 Å². The molecule has 0 aromatic rings. The molecule has 0 aliphatic carbocycles. The Kier molecular flexibility index (Phi) is 12.6. The lowest BCUT2D eigenvalue weighted by molar-refractivity contribution is -0.137. The smallest absolute Gasteiger partial charge is 0.303 e. The summed E-state index contributed by atoms with van der Waals surface area (Å²) in [7, 11) is 0. The standard InChI is InChI=1S/C17H30O2/c1-3-4-5-10-13-16(2)14-11-8-6-7-9-12-15-17(18)19/h6-7H,2-5,8-15H2,1H3,(H,18,19). The number of allylic oxidation sites excluding steroid dienone is 3. The summed E-state index contributed by atoms with van der Waals surface area (Å²) in [6, 6.07) is 0. The summed E-state index contributed by atoms with van der Waals surface area (Å²) in [5, 5.41) is 8.49.